The zero-order valence-electron chi connectivity index (χ0n) is 22.5. The molecule has 3 aromatic rings. The third-order valence-corrected chi connectivity index (χ3v) is 4.36. The lowest BCUT2D eigenvalue weighted by Gasteiger charge is -2.23. The highest BCUT2D eigenvalue weighted by Gasteiger charge is 2.07. The van der Waals surface area contributed by atoms with Crippen LogP contribution in [0.2, 0.25) is 0 Å². The lowest BCUT2D eigenvalue weighted by atomic mass is 10.2. The van der Waals surface area contributed by atoms with Gasteiger partial charge in [-0.2, -0.15) is 0 Å². The number of quaternary nitrogens is 2. The summed E-state index contributed by atoms with van der Waals surface area (Å²) < 4.78 is 6.63. The van der Waals surface area contributed by atoms with Crippen molar-refractivity contribution < 1.29 is 33.9 Å². The first-order valence-corrected chi connectivity index (χ1v) is 11.4. The number of aromatic carboxylic acids is 1. The Kier molecular flexibility index (Phi) is 14.0. The monoisotopic (exact) mass is 496 g/mol. The minimum atomic E-state index is -1.36. The molecule has 0 aromatic heterocycles. The minimum Gasteiger partial charge on any atom is -0.870 e. The average Bonchev–Trinajstić information content (AvgIpc) is 2.73. The second-order valence-electron chi connectivity index (χ2n) is 10.2. The topological polar surface area (TPSA) is 96.4 Å². The Morgan fingerprint density at radius 3 is 1.36 bits per heavy atom. The Hall–Kier alpha value is -3.52. The van der Waals surface area contributed by atoms with Crippen molar-refractivity contribution in [1.29, 1.82) is 0 Å². The predicted octanol–water partition coefficient (Wildman–Crippen LogP) is 3.58. The molecule has 0 bridgehead atoms. The summed E-state index contributed by atoms with van der Waals surface area (Å²) in [5, 5.41) is 10.5. The van der Waals surface area contributed by atoms with E-state index in [2.05, 4.69) is 108 Å². The van der Waals surface area contributed by atoms with Gasteiger partial charge in [-0.15, -0.1) is 0 Å². The van der Waals surface area contributed by atoms with Crippen LogP contribution in [0.4, 0.5) is 0 Å². The van der Waals surface area contributed by atoms with Crippen molar-refractivity contribution in [2.24, 2.45) is 0 Å². The number of rotatable bonds is 6. The molecule has 7 nitrogen and oxygen atoms in total. The number of carbonyl (C=O) groups is 2. The highest BCUT2D eigenvalue weighted by molar-refractivity contribution is 5.90. The molecule has 0 spiro atoms. The lowest BCUT2D eigenvalue weighted by molar-refractivity contribution is -0.884. The number of nitrogens with zero attached hydrogens (tertiary/aromatic N) is 2. The van der Waals surface area contributed by atoms with Gasteiger partial charge in [0.2, 0.25) is 0 Å². The molecule has 7 heteroatoms. The molecule has 0 aliphatic heterocycles. The average molecular weight is 497 g/mol. The molecule has 0 atom stereocenters. The number of hydrogen-bond acceptors (Lipinski definition) is 5. The van der Waals surface area contributed by atoms with Gasteiger partial charge in [-0.3, -0.25) is 4.79 Å². The maximum atomic E-state index is 10.6. The Bertz CT molecular complexity index is 989. The molecule has 0 saturated heterocycles. The molecular formula is C29H40N2O5. The van der Waals surface area contributed by atoms with Gasteiger partial charge in [0.1, 0.15) is 18.8 Å². The van der Waals surface area contributed by atoms with Crippen molar-refractivity contribution in [2.75, 3.05) is 42.3 Å². The number of benzene rings is 3. The fourth-order valence-corrected chi connectivity index (χ4v) is 3.14. The van der Waals surface area contributed by atoms with E-state index in [9.17, 15) is 14.7 Å². The second kappa shape index (κ2) is 15.5. The zero-order chi connectivity index (χ0) is 26.5. The number of para-hydroxylation sites is 1. The summed E-state index contributed by atoms with van der Waals surface area (Å²) in [6.45, 7) is 3.40. The highest BCUT2D eigenvalue weighted by atomic mass is 16.5. The summed E-state index contributed by atoms with van der Waals surface area (Å²) in [6.07, 6.45) is 0. The van der Waals surface area contributed by atoms with Gasteiger partial charge in [-0.05, 0) is 12.1 Å². The van der Waals surface area contributed by atoms with E-state index < -0.39 is 11.9 Å². The molecule has 0 amide bonds. The van der Waals surface area contributed by atoms with E-state index in [0.717, 1.165) is 22.1 Å². The molecule has 0 aliphatic rings. The van der Waals surface area contributed by atoms with Crippen LogP contribution in [0.3, 0.4) is 0 Å². The smallest absolute Gasteiger partial charge is 0.308 e. The van der Waals surface area contributed by atoms with Crippen LogP contribution < -0.4 is 9.84 Å². The van der Waals surface area contributed by atoms with Crippen molar-refractivity contribution in [3.8, 4) is 5.75 Å². The first kappa shape index (κ1) is 32.5. The summed E-state index contributed by atoms with van der Waals surface area (Å²) in [4.78, 5) is 21.1. The molecule has 36 heavy (non-hydrogen) atoms. The van der Waals surface area contributed by atoms with E-state index in [1.165, 1.54) is 36.2 Å². The van der Waals surface area contributed by atoms with E-state index in [-0.39, 0.29) is 16.8 Å². The van der Waals surface area contributed by atoms with Crippen LogP contribution in [0.5, 0.6) is 5.75 Å². The maximum Gasteiger partial charge on any atom is 0.308 e. The van der Waals surface area contributed by atoms with Gasteiger partial charge < -0.3 is 29.1 Å². The Balaban J connectivity index is 0.000000506. The first-order valence-electron chi connectivity index (χ1n) is 11.4. The largest absolute Gasteiger partial charge is 0.870 e. The van der Waals surface area contributed by atoms with Gasteiger partial charge >= 0.3 is 5.97 Å². The van der Waals surface area contributed by atoms with Crippen LogP contribution >= 0.6 is 0 Å². The third-order valence-electron chi connectivity index (χ3n) is 4.36. The Labute approximate surface area is 215 Å². The van der Waals surface area contributed by atoms with E-state index in [4.69, 9.17) is 0 Å². The summed E-state index contributed by atoms with van der Waals surface area (Å²) in [5.41, 5.74) is 2.68. The predicted molar refractivity (Wildman–Crippen MR) is 140 cm³/mol. The first-order chi connectivity index (χ1) is 16.3. The molecule has 0 fully saturated rings. The number of carboxylic acids is 1. The van der Waals surface area contributed by atoms with Gasteiger partial charge in [0.15, 0.2) is 0 Å². The van der Waals surface area contributed by atoms with Crippen LogP contribution in [-0.2, 0) is 17.9 Å². The van der Waals surface area contributed by atoms with Crippen molar-refractivity contribution >= 4 is 11.9 Å². The number of carbonyl (C=O) groups excluding carboxylic acids is 2. The number of ether oxygens (including phenoxy) is 1. The van der Waals surface area contributed by atoms with Crippen molar-refractivity contribution in [3.05, 3.63) is 102 Å². The van der Waals surface area contributed by atoms with E-state index in [0.29, 0.717) is 0 Å². The van der Waals surface area contributed by atoms with Gasteiger partial charge in [-0.1, -0.05) is 72.8 Å². The number of esters is 1. The van der Waals surface area contributed by atoms with Crippen LogP contribution in [0.25, 0.3) is 0 Å². The maximum absolute atomic E-state index is 10.6. The molecular weight excluding hydrogens is 456 g/mol. The molecule has 0 radical (unpaired) electrons. The van der Waals surface area contributed by atoms with Crippen LogP contribution in [0.1, 0.15) is 28.4 Å². The lowest BCUT2D eigenvalue weighted by Crippen LogP contribution is -2.33. The molecule has 0 unspecified atom stereocenters. The second-order valence-corrected chi connectivity index (χ2v) is 10.2. The highest BCUT2D eigenvalue weighted by Crippen LogP contribution is 2.16. The van der Waals surface area contributed by atoms with Gasteiger partial charge in [-0.25, -0.2) is 0 Å². The summed E-state index contributed by atoms with van der Waals surface area (Å²) >= 11 is 0. The van der Waals surface area contributed by atoms with Crippen LogP contribution in [-0.4, -0.2) is 68.7 Å². The molecule has 3 aromatic carbocycles. The minimum absolute atomic E-state index is 0. The molecule has 1 N–H and O–H groups in total. The van der Waals surface area contributed by atoms with Crippen molar-refractivity contribution in [2.45, 2.75) is 20.0 Å². The van der Waals surface area contributed by atoms with Crippen LogP contribution in [0, 0.1) is 0 Å². The van der Waals surface area contributed by atoms with Gasteiger partial charge in [0.05, 0.1) is 48.3 Å². The summed E-state index contributed by atoms with van der Waals surface area (Å²) in [5.74, 6) is -1.92. The van der Waals surface area contributed by atoms with Crippen molar-refractivity contribution in [1.82, 2.24) is 0 Å². The molecule has 196 valence electrons. The zero-order valence-corrected chi connectivity index (χ0v) is 22.5. The fourth-order valence-electron chi connectivity index (χ4n) is 3.14. The molecule has 0 heterocycles. The molecule has 3 rings (SSSR count). The quantitative estimate of drug-likeness (QED) is 0.295. The summed E-state index contributed by atoms with van der Waals surface area (Å²) in [6, 6.07) is 27.0. The Morgan fingerprint density at radius 1 is 0.667 bits per heavy atom. The van der Waals surface area contributed by atoms with E-state index in [1.807, 2.05) is 0 Å². The number of carboxylic acid groups (broad SMARTS) is 1. The third kappa shape index (κ3) is 15.4. The standard InChI is InChI=1S/2C10H16N.C9H8O4.H2O/c2*1-11(2,3)9-10-7-5-4-6-8-10;1-6(10)13-8-5-3-2-4-7(8)9(11)12;/h2*4-8H,9H2,1-3H3;2-5H,1H3,(H,11,12);1H2/q2*+1;;/p-2. The Morgan fingerprint density at radius 2 is 1.03 bits per heavy atom. The SMILES string of the molecule is CC(=O)Oc1ccccc1C(=O)[O-].C[N+](C)(C)Cc1ccccc1.C[N+](C)(C)Cc1ccccc1.[OH-]. The fraction of sp³-hybridized carbons (Fsp3) is 0.310. The van der Waals surface area contributed by atoms with E-state index in [1.54, 1.807) is 6.07 Å². The van der Waals surface area contributed by atoms with Crippen molar-refractivity contribution in [3.63, 3.8) is 0 Å². The molecule has 0 saturated carbocycles. The van der Waals surface area contributed by atoms with Crippen LogP contribution in [0.15, 0.2) is 84.9 Å². The number of hydrogen-bond donors (Lipinski definition) is 0. The van der Waals surface area contributed by atoms with E-state index >= 15 is 0 Å². The normalized spacial score (nSPS) is 10.4. The summed E-state index contributed by atoms with van der Waals surface area (Å²) in [7, 11) is 13.2. The molecule has 0 aliphatic carbocycles. The van der Waals surface area contributed by atoms with Gasteiger partial charge in [0, 0.05) is 23.6 Å². The van der Waals surface area contributed by atoms with Gasteiger partial charge in [0.25, 0.3) is 0 Å².